The molecular formula is C21H24N2O3S. The molecule has 2 aromatic rings. The monoisotopic (exact) mass is 384 g/mol. The molecule has 2 aromatic carbocycles. The maximum Gasteiger partial charge on any atom is 0.264 e. The molecule has 2 aliphatic rings. The zero-order valence-corrected chi connectivity index (χ0v) is 16.2. The number of sulfonamides is 1. The average molecular weight is 385 g/mol. The zero-order chi connectivity index (χ0) is 19.1. The lowest BCUT2D eigenvalue weighted by molar-refractivity contribution is 0.301. The summed E-state index contributed by atoms with van der Waals surface area (Å²) in [4.78, 5) is 0.307. The van der Waals surface area contributed by atoms with Crippen molar-refractivity contribution in [1.82, 2.24) is 0 Å². The van der Waals surface area contributed by atoms with E-state index in [4.69, 9.17) is 0 Å². The minimum absolute atomic E-state index is 0.248. The van der Waals surface area contributed by atoms with Gasteiger partial charge in [0.25, 0.3) is 10.0 Å². The first kappa shape index (κ1) is 18.0. The van der Waals surface area contributed by atoms with Crippen LogP contribution in [0.25, 0.3) is 0 Å². The molecule has 1 aliphatic heterocycles. The third-order valence-corrected chi connectivity index (χ3v) is 7.82. The van der Waals surface area contributed by atoms with Gasteiger partial charge in [0.1, 0.15) is 0 Å². The second-order valence-electron chi connectivity index (χ2n) is 7.63. The van der Waals surface area contributed by atoms with E-state index in [9.17, 15) is 13.6 Å². The van der Waals surface area contributed by atoms with E-state index in [0.717, 1.165) is 41.8 Å². The van der Waals surface area contributed by atoms with Gasteiger partial charge in [-0.3, -0.25) is 4.31 Å². The Bertz CT molecular complexity index is 983. The molecule has 1 fully saturated rings. The van der Waals surface area contributed by atoms with Crippen LogP contribution in [-0.4, -0.2) is 25.9 Å². The summed E-state index contributed by atoms with van der Waals surface area (Å²) in [7, 11) is -3.65. The Balaban J connectivity index is 1.80. The number of nitrogens with zero attached hydrogens (tertiary/aromatic N) is 2. The SMILES string of the molecule is Cc1ccc(S(=O)(=O)N2CCC3(CCC/C3=N\O)Cc3ccccc32)cc1. The van der Waals surface area contributed by atoms with Crippen LogP contribution < -0.4 is 4.31 Å². The predicted molar refractivity (Wildman–Crippen MR) is 106 cm³/mol. The topological polar surface area (TPSA) is 70.0 Å². The van der Waals surface area contributed by atoms with Crippen LogP contribution in [0.4, 0.5) is 5.69 Å². The highest BCUT2D eigenvalue weighted by molar-refractivity contribution is 7.92. The largest absolute Gasteiger partial charge is 0.411 e. The summed E-state index contributed by atoms with van der Waals surface area (Å²) in [5.74, 6) is 0. The van der Waals surface area contributed by atoms with Crippen molar-refractivity contribution in [3.63, 3.8) is 0 Å². The number of para-hydroxylation sites is 1. The number of hydrogen-bond acceptors (Lipinski definition) is 4. The molecule has 6 heteroatoms. The van der Waals surface area contributed by atoms with Gasteiger partial charge in [0.05, 0.1) is 16.3 Å². The van der Waals surface area contributed by atoms with E-state index in [2.05, 4.69) is 5.16 Å². The molecule has 0 bridgehead atoms. The summed E-state index contributed by atoms with van der Waals surface area (Å²) >= 11 is 0. The summed E-state index contributed by atoms with van der Waals surface area (Å²) < 4.78 is 28.4. The maximum absolute atomic E-state index is 13.4. The summed E-state index contributed by atoms with van der Waals surface area (Å²) in [5, 5.41) is 13.1. The lowest BCUT2D eigenvalue weighted by Gasteiger charge is -2.28. The minimum Gasteiger partial charge on any atom is -0.411 e. The van der Waals surface area contributed by atoms with E-state index < -0.39 is 10.0 Å². The third-order valence-electron chi connectivity index (χ3n) is 5.99. The Hall–Kier alpha value is -2.34. The molecule has 1 heterocycles. The normalized spacial score (nSPS) is 24.2. The van der Waals surface area contributed by atoms with Crippen LogP contribution in [-0.2, 0) is 16.4 Å². The lowest BCUT2D eigenvalue weighted by Crippen LogP contribution is -2.35. The molecule has 0 saturated heterocycles. The molecule has 0 aromatic heterocycles. The standard InChI is InChI=1S/C21H24N2O3S/c1-16-8-10-18(11-9-16)27(25,26)23-14-13-21(12-4-7-20(21)22-24)15-17-5-2-3-6-19(17)23/h2-3,5-6,8-11,24H,4,7,12-15H2,1H3/b22-20+. The smallest absolute Gasteiger partial charge is 0.264 e. The van der Waals surface area contributed by atoms with Crippen molar-refractivity contribution in [3.05, 3.63) is 59.7 Å². The summed E-state index contributed by atoms with van der Waals surface area (Å²) in [6.45, 7) is 2.32. The molecular weight excluding hydrogens is 360 g/mol. The van der Waals surface area contributed by atoms with Crippen molar-refractivity contribution in [2.75, 3.05) is 10.8 Å². The van der Waals surface area contributed by atoms with Crippen LogP contribution >= 0.6 is 0 Å². The second-order valence-corrected chi connectivity index (χ2v) is 9.49. The number of aryl methyl sites for hydroxylation is 1. The van der Waals surface area contributed by atoms with Crippen LogP contribution in [0.2, 0.25) is 0 Å². The van der Waals surface area contributed by atoms with Crippen LogP contribution in [0.1, 0.15) is 36.8 Å². The zero-order valence-electron chi connectivity index (χ0n) is 15.4. The predicted octanol–water partition coefficient (Wildman–Crippen LogP) is 4.14. The Labute approximate surface area is 160 Å². The van der Waals surface area contributed by atoms with Gasteiger partial charge in [-0.15, -0.1) is 0 Å². The van der Waals surface area contributed by atoms with Gasteiger partial charge in [0, 0.05) is 12.0 Å². The van der Waals surface area contributed by atoms with E-state index in [0.29, 0.717) is 24.3 Å². The van der Waals surface area contributed by atoms with Gasteiger partial charge < -0.3 is 5.21 Å². The molecule has 0 radical (unpaired) electrons. The molecule has 5 nitrogen and oxygen atoms in total. The second kappa shape index (κ2) is 6.68. The Morgan fingerprint density at radius 3 is 2.56 bits per heavy atom. The van der Waals surface area contributed by atoms with Gasteiger partial charge in [-0.2, -0.15) is 0 Å². The lowest BCUT2D eigenvalue weighted by atomic mass is 9.76. The van der Waals surface area contributed by atoms with Gasteiger partial charge in [-0.1, -0.05) is 41.1 Å². The number of anilines is 1. The highest BCUT2D eigenvalue weighted by Crippen LogP contribution is 2.46. The maximum atomic E-state index is 13.4. The molecule has 0 amide bonds. The molecule has 1 aliphatic carbocycles. The molecule has 1 N–H and O–H groups in total. The van der Waals surface area contributed by atoms with E-state index in [1.54, 1.807) is 12.1 Å². The van der Waals surface area contributed by atoms with Gasteiger partial charge in [0.15, 0.2) is 0 Å². The average Bonchev–Trinajstić information content (AvgIpc) is 2.96. The molecule has 142 valence electrons. The molecule has 1 spiro atoms. The summed E-state index contributed by atoms with van der Waals surface area (Å²) in [5.41, 5.74) is 3.32. The quantitative estimate of drug-likeness (QED) is 0.625. The third kappa shape index (κ3) is 3.02. The van der Waals surface area contributed by atoms with Crippen molar-refractivity contribution in [3.8, 4) is 0 Å². The molecule has 1 saturated carbocycles. The fraction of sp³-hybridized carbons (Fsp3) is 0.381. The van der Waals surface area contributed by atoms with Crippen molar-refractivity contribution in [2.45, 2.75) is 43.9 Å². The minimum atomic E-state index is -3.65. The first-order valence-electron chi connectivity index (χ1n) is 9.35. The van der Waals surface area contributed by atoms with Crippen molar-refractivity contribution in [2.24, 2.45) is 10.6 Å². The van der Waals surface area contributed by atoms with E-state index in [-0.39, 0.29) is 5.41 Å². The number of benzene rings is 2. The highest BCUT2D eigenvalue weighted by atomic mass is 32.2. The number of rotatable bonds is 2. The van der Waals surface area contributed by atoms with Crippen LogP contribution in [0, 0.1) is 12.3 Å². The van der Waals surface area contributed by atoms with Crippen molar-refractivity contribution < 1.29 is 13.6 Å². The number of oxime groups is 1. The Morgan fingerprint density at radius 1 is 1.07 bits per heavy atom. The van der Waals surface area contributed by atoms with Gasteiger partial charge >= 0.3 is 0 Å². The van der Waals surface area contributed by atoms with Gasteiger partial charge in [-0.25, -0.2) is 8.42 Å². The first-order chi connectivity index (χ1) is 13.0. The molecule has 27 heavy (non-hydrogen) atoms. The van der Waals surface area contributed by atoms with E-state index in [1.165, 1.54) is 4.31 Å². The fourth-order valence-electron chi connectivity index (χ4n) is 4.50. The van der Waals surface area contributed by atoms with Crippen LogP contribution in [0.5, 0.6) is 0 Å². The van der Waals surface area contributed by atoms with E-state index in [1.807, 2.05) is 43.3 Å². The van der Waals surface area contributed by atoms with Crippen LogP contribution in [0.15, 0.2) is 58.6 Å². The summed E-state index contributed by atoms with van der Waals surface area (Å²) in [6, 6.07) is 14.7. The van der Waals surface area contributed by atoms with Crippen molar-refractivity contribution in [1.29, 1.82) is 0 Å². The van der Waals surface area contributed by atoms with Crippen LogP contribution in [0.3, 0.4) is 0 Å². The number of hydrogen-bond donors (Lipinski definition) is 1. The van der Waals surface area contributed by atoms with Gasteiger partial charge in [-0.05, 0) is 62.8 Å². The molecule has 1 atom stereocenters. The Kier molecular flexibility index (Phi) is 4.46. The fourth-order valence-corrected chi connectivity index (χ4v) is 6.00. The molecule has 1 unspecified atom stereocenters. The van der Waals surface area contributed by atoms with E-state index >= 15 is 0 Å². The highest BCUT2D eigenvalue weighted by Gasteiger charge is 2.44. The van der Waals surface area contributed by atoms with Gasteiger partial charge in [0.2, 0.25) is 0 Å². The first-order valence-corrected chi connectivity index (χ1v) is 10.8. The Morgan fingerprint density at radius 2 is 1.81 bits per heavy atom. The molecule has 4 rings (SSSR count). The summed E-state index contributed by atoms with van der Waals surface area (Å²) in [6.07, 6.45) is 4.06. The van der Waals surface area contributed by atoms with Crippen molar-refractivity contribution >= 4 is 21.4 Å². The number of fused-ring (bicyclic) bond motifs is 1.